The van der Waals surface area contributed by atoms with Gasteiger partial charge in [0, 0.05) is 17.5 Å². The fourth-order valence-corrected chi connectivity index (χ4v) is 1.66. The molecule has 0 saturated heterocycles. The highest BCUT2D eigenvalue weighted by molar-refractivity contribution is 5.64. The first-order chi connectivity index (χ1) is 7.70. The van der Waals surface area contributed by atoms with Crippen LogP contribution in [0.1, 0.15) is 16.8 Å². The van der Waals surface area contributed by atoms with Gasteiger partial charge in [-0.2, -0.15) is 0 Å². The van der Waals surface area contributed by atoms with Gasteiger partial charge in [0.1, 0.15) is 0 Å². The van der Waals surface area contributed by atoms with Crippen molar-refractivity contribution < 1.29 is 5.11 Å². The monoisotopic (exact) mass is 213 g/mol. The maximum absolute atomic E-state index is 9.22. The molecule has 0 atom stereocenters. The molecule has 0 amide bonds. The zero-order chi connectivity index (χ0) is 11.5. The summed E-state index contributed by atoms with van der Waals surface area (Å²) in [6, 6.07) is 10.1. The highest BCUT2D eigenvalue weighted by Gasteiger charge is 2.02. The number of pyridine rings is 1. The molecule has 0 aliphatic carbocycles. The lowest BCUT2D eigenvalue weighted by Gasteiger charge is -2.06. The molecule has 2 nitrogen and oxygen atoms in total. The first-order valence-corrected chi connectivity index (χ1v) is 5.34. The van der Waals surface area contributed by atoms with Crippen molar-refractivity contribution >= 4 is 0 Å². The van der Waals surface area contributed by atoms with Gasteiger partial charge in [0.2, 0.25) is 0 Å². The Morgan fingerprint density at radius 2 is 1.81 bits per heavy atom. The summed E-state index contributed by atoms with van der Waals surface area (Å²) in [5.74, 6) is 0. The first-order valence-electron chi connectivity index (χ1n) is 5.34. The van der Waals surface area contributed by atoms with Crippen LogP contribution in [0.3, 0.4) is 0 Å². The molecule has 0 aliphatic heterocycles. The fourth-order valence-electron chi connectivity index (χ4n) is 1.66. The normalized spacial score (nSPS) is 10.4. The van der Waals surface area contributed by atoms with Gasteiger partial charge in [0.25, 0.3) is 0 Å². The van der Waals surface area contributed by atoms with Crippen molar-refractivity contribution in [3.05, 3.63) is 53.3 Å². The zero-order valence-electron chi connectivity index (χ0n) is 9.57. The summed E-state index contributed by atoms with van der Waals surface area (Å²) in [7, 11) is 0. The van der Waals surface area contributed by atoms with Crippen molar-refractivity contribution in [2.75, 3.05) is 0 Å². The molecule has 0 spiro atoms. The van der Waals surface area contributed by atoms with E-state index in [1.165, 1.54) is 0 Å². The van der Waals surface area contributed by atoms with Crippen molar-refractivity contribution in [2.45, 2.75) is 20.5 Å². The molecule has 1 N–H and O–H groups in total. The van der Waals surface area contributed by atoms with E-state index in [9.17, 15) is 5.11 Å². The summed E-state index contributed by atoms with van der Waals surface area (Å²) in [5, 5.41) is 9.22. The largest absolute Gasteiger partial charge is 0.392 e. The molecule has 2 heteroatoms. The molecular weight excluding hydrogens is 198 g/mol. The van der Waals surface area contributed by atoms with Crippen LogP contribution in [0.25, 0.3) is 11.1 Å². The van der Waals surface area contributed by atoms with Gasteiger partial charge < -0.3 is 5.11 Å². The van der Waals surface area contributed by atoms with Crippen molar-refractivity contribution in [2.24, 2.45) is 0 Å². The van der Waals surface area contributed by atoms with E-state index in [2.05, 4.69) is 11.1 Å². The highest BCUT2D eigenvalue weighted by Crippen LogP contribution is 2.21. The Labute approximate surface area is 95.6 Å². The first kappa shape index (κ1) is 10.8. The minimum absolute atomic E-state index is 0.0823. The molecule has 2 rings (SSSR count). The molecule has 0 aliphatic rings. The van der Waals surface area contributed by atoms with Crippen molar-refractivity contribution in [3.63, 3.8) is 0 Å². The molecule has 1 heterocycles. The number of hydrogen-bond donors (Lipinski definition) is 1. The maximum Gasteiger partial charge on any atom is 0.0684 e. The number of aromatic nitrogens is 1. The summed E-state index contributed by atoms with van der Waals surface area (Å²) >= 11 is 0. The Hall–Kier alpha value is -1.67. The van der Waals surface area contributed by atoms with Crippen LogP contribution in [-0.2, 0) is 6.61 Å². The molecule has 1 aromatic heterocycles. The molecule has 0 fully saturated rings. The lowest BCUT2D eigenvalue weighted by Crippen LogP contribution is -1.90. The Balaban J connectivity index is 2.44. The summed E-state index contributed by atoms with van der Waals surface area (Å²) in [4.78, 5) is 4.27. The van der Waals surface area contributed by atoms with Gasteiger partial charge in [-0.3, -0.25) is 4.98 Å². The SMILES string of the molecule is Cc1ccc(-c2ccc(C)c(CO)c2)cn1. The van der Waals surface area contributed by atoms with Gasteiger partial charge in [0.15, 0.2) is 0 Å². The third-order valence-corrected chi connectivity index (χ3v) is 2.76. The lowest BCUT2D eigenvalue weighted by molar-refractivity contribution is 0.281. The van der Waals surface area contributed by atoms with Crippen LogP contribution in [0.15, 0.2) is 36.5 Å². The summed E-state index contributed by atoms with van der Waals surface area (Å²) in [5.41, 5.74) is 5.28. The van der Waals surface area contributed by atoms with Crippen molar-refractivity contribution in [1.82, 2.24) is 4.98 Å². The second kappa shape index (κ2) is 4.45. The zero-order valence-corrected chi connectivity index (χ0v) is 9.57. The van der Waals surface area contributed by atoms with E-state index in [4.69, 9.17) is 0 Å². The number of aliphatic hydroxyl groups excluding tert-OH is 1. The van der Waals surface area contributed by atoms with Crippen LogP contribution < -0.4 is 0 Å². The Morgan fingerprint density at radius 1 is 1.06 bits per heavy atom. The number of benzene rings is 1. The van der Waals surface area contributed by atoms with Crippen LogP contribution in [0.2, 0.25) is 0 Å². The van der Waals surface area contributed by atoms with E-state index < -0.39 is 0 Å². The Kier molecular flexibility index (Phi) is 3.02. The standard InChI is InChI=1S/C14H15NO/c1-10-3-5-12(7-14(10)9-16)13-6-4-11(2)15-8-13/h3-8,16H,9H2,1-2H3. The van der Waals surface area contributed by atoms with Crippen molar-refractivity contribution in [3.8, 4) is 11.1 Å². The van der Waals surface area contributed by atoms with Gasteiger partial charge in [-0.15, -0.1) is 0 Å². The fraction of sp³-hybridized carbons (Fsp3) is 0.214. The van der Waals surface area contributed by atoms with E-state index >= 15 is 0 Å². The molecular formula is C14H15NO. The van der Waals surface area contributed by atoms with Crippen LogP contribution >= 0.6 is 0 Å². The van der Waals surface area contributed by atoms with Gasteiger partial charge in [-0.25, -0.2) is 0 Å². The van der Waals surface area contributed by atoms with Crippen LogP contribution in [0.4, 0.5) is 0 Å². The van der Waals surface area contributed by atoms with Gasteiger partial charge >= 0.3 is 0 Å². The Bertz CT molecular complexity index is 489. The van der Waals surface area contributed by atoms with Crippen LogP contribution in [0, 0.1) is 13.8 Å². The molecule has 2 aromatic rings. The predicted molar refractivity (Wildman–Crippen MR) is 65.1 cm³/mol. The van der Waals surface area contributed by atoms with E-state index in [-0.39, 0.29) is 6.61 Å². The highest BCUT2D eigenvalue weighted by atomic mass is 16.3. The Morgan fingerprint density at radius 3 is 2.44 bits per heavy atom. The van der Waals surface area contributed by atoms with E-state index in [0.29, 0.717) is 0 Å². The van der Waals surface area contributed by atoms with Gasteiger partial charge in [-0.1, -0.05) is 18.2 Å². The number of rotatable bonds is 2. The second-order valence-electron chi connectivity index (χ2n) is 3.99. The summed E-state index contributed by atoms with van der Waals surface area (Å²) in [6.45, 7) is 4.06. The number of nitrogens with zero attached hydrogens (tertiary/aromatic N) is 1. The van der Waals surface area contributed by atoms with Crippen molar-refractivity contribution in [1.29, 1.82) is 0 Å². The van der Waals surface area contributed by atoms with E-state index in [0.717, 1.165) is 27.9 Å². The third-order valence-electron chi connectivity index (χ3n) is 2.76. The molecule has 0 unspecified atom stereocenters. The smallest absolute Gasteiger partial charge is 0.0684 e. The average molecular weight is 213 g/mol. The van der Waals surface area contributed by atoms with E-state index in [1.807, 2.05) is 44.3 Å². The molecule has 82 valence electrons. The predicted octanol–water partition coefficient (Wildman–Crippen LogP) is 2.86. The minimum Gasteiger partial charge on any atom is -0.392 e. The number of aryl methyl sites for hydroxylation is 2. The lowest BCUT2D eigenvalue weighted by atomic mass is 10.0. The molecule has 0 radical (unpaired) electrons. The summed E-state index contributed by atoms with van der Waals surface area (Å²) < 4.78 is 0. The number of hydrogen-bond acceptors (Lipinski definition) is 2. The topological polar surface area (TPSA) is 33.1 Å². The maximum atomic E-state index is 9.22. The van der Waals surface area contributed by atoms with Crippen LogP contribution in [0.5, 0.6) is 0 Å². The quantitative estimate of drug-likeness (QED) is 0.832. The third kappa shape index (κ3) is 2.12. The van der Waals surface area contributed by atoms with Gasteiger partial charge in [0.05, 0.1) is 6.61 Å². The molecule has 16 heavy (non-hydrogen) atoms. The van der Waals surface area contributed by atoms with E-state index in [1.54, 1.807) is 0 Å². The second-order valence-corrected chi connectivity index (χ2v) is 3.99. The molecule has 0 saturated carbocycles. The minimum atomic E-state index is 0.0823. The number of aliphatic hydroxyl groups is 1. The molecule has 0 bridgehead atoms. The van der Waals surface area contributed by atoms with Gasteiger partial charge in [-0.05, 0) is 42.7 Å². The summed E-state index contributed by atoms with van der Waals surface area (Å²) in [6.07, 6.45) is 1.86. The average Bonchev–Trinajstić information content (AvgIpc) is 2.31. The van der Waals surface area contributed by atoms with Crippen LogP contribution in [-0.4, -0.2) is 10.1 Å². The molecule has 1 aromatic carbocycles.